The number of nitrogens with one attached hydrogen (secondary N) is 1. The van der Waals surface area contributed by atoms with E-state index in [0.29, 0.717) is 17.4 Å². The Bertz CT molecular complexity index is 889. The molecule has 5 nitrogen and oxygen atoms in total. The van der Waals surface area contributed by atoms with Gasteiger partial charge in [0.05, 0.1) is 16.2 Å². The molecule has 2 fully saturated rings. The number of aryl methyl sites for hydroxylation is 1. The van der Waals surface area contributed by atoms with Gasteiger partial charge in [-0.3, -0.25) is 0 Å². The highest BCUT2D eigenvalue weighted by atomic mass is 32.2. The van der Waals surface area contributed by atoms with E-state index in [-0.39, 0.29) is 5.75 Å². The molecule has 2 aromatic rings. The predicted molar refractivity (Wildman–Crippen MR) is 88.2 cm³/mol. The van der Waals surface area contributed by atoms with Crippen LogP contribution in [0.15, 0.2) is 23.4 Å². The molecule has 5 rings (SSSR count). The van der Waals surface area contributed by atoms with E-state index in [2.05, 4.69) is 15.3 Å². The van der Waals surface area contributed by atoms with Crippen molar-refractivity contribution in [3.05, 3.63) is 24.0 Å². The second kappa shape index (κ2) is 4.66. The largest absolute Gasteiger partial charge is 0.366 e. The van der Waals surface area contributed by atoms with E-state index in [0.717, 1.165) is 34.1 Å². The van der Waals surface area contributed by atoms with Crippen molar-refractivity contribution in [1.29, 1.82) is 0 Å². The van der Waals surface area contributed by atoms with Gasteiger partial charge in [0.1, 0.15) is 12.1 Å². The first kappa shape index (κ1) is 13.7. The number of rotatable bonds is 4. The quantitative estimate of drug-likeness (QED) is 0.933. The summed E-state index contributed by atoms with van der Waals surface area (Å²) in [6, 6.07) is 4.00. The van der Waals surface area contributed by atoms with Crippen molar-refractivity contribution in [2.24, 2.45) is 11.8 Å². The Morgan fingerprint density at radius 3 is 2.52 bits per heavy atom. The number of sulfone groups is 1. The molecule has 6 heteroatoms. The average Bonchev–Trinajstić information content (AvgIpc) is 3.44. The summed E-state index contributed by atoms with van der Waals surface area (Å²) in [5, 5.41) is 4.57. The van der Waals surface area contributed by atoms with Crippen LogP contribution >= 0.6 is 0 Å². The van der Waals surface area contributed by atoms with Gasteiger partial charge in [-0.05, 0) is 61.6 Å². The van der Waals surface area contributed by atoms with Crippen LogP contribution in [-0.2, 0) is 16.3 Å². The lowest BCUT2D eigenvalue weighted by molar-refractivity contribution is 0.566. The Morgan fingerprint density at radius 1 is 1.09 bits per heavy atom. The monoisotopic (exact) mass is 329 g/mol. The summed E-state index contributed by atoms with van der Waals surface area (Å²) < 4.78 is 24.4. The first-order valence-corrected chi connectivity index (χ1v) is 10.0. The Labute approximate surface area is 135 Å². The molecule has 0 spiro atoms. The van der Waals surface area contributed by atoms with Gasteiger partial charge in [0, 0.05) is 11.4 Å². The molecule has 2 heterocycles. The van der Waals surface area contributed by atoms with E-state index >= 15 is 0 Å². The summed E-state index contributed by atoms with van der Waals surface area (Å²) in [6.07, 6.45) is 7.33. The summed E-state index contributed by atoms with van der Waals surface area (Å²) in [5.74, 6) is 2.54. The van der Waals surface area contributed by atoms with Crippen molar-refractivity contribution in [3.8, 4) is 0 Å². The summed E-state index contributed by atoms with van der Waals surface area (Å²) in [4.78, 5) is 9.29. The molecule has 1 aliphatic heterocycles. The molecule has 1 aromatic heterocycles. The van der Waals surface area contributed by atoms with Crippen LogP contribution in [0.1, 0.15) is 31.2 Å². The molecular weight excluding hydrogens is 310 g/mol. The highest BCUT2D eigenvalue weighted by molar-refractivity contribution is 7.91. The van der Waals surface area contributed by atoms with Crippen molar-refractivity contribution in [3.63, 3.8) is 0 Å². The first-order valence-electron chi connectivity index (χ1n) is 8.39. The zero-order chi connectivity index (χ0) is 15.6. The van der Waals surface area contributed by atoms with Gasteiger partial charge in [0.15, 0.2) is 9.84 Å². The average molecular weight is 329 g/mol. The highest BCUT2D eigenvalue weighted by Crippen LogP contribution is 2.46. The number of hydrogen-bond acceptors (Lipinski definition) is 5. The number of benzene rings is 1. The molecular formula is C17H19N3O2S. The maximum Gasteiger partial charge on any atom is 0.179 e. The molecule has 0 radical (unpaired) electrons. The fourth-order valence-corrected chi connectivity index (χ4v) is 5.43. The molecule has 0 unspecified atom stereocenters. The first-order chi connectivity index (χ1) is 11.1. The van der Waals surface area contributed by atoms with Crippen molar-refractivity contribution < 1.29 is 8.42 Å². The molecule has 2 aliphatic carbocycles. The molecule has 0 atom stereocenters. The summed E-state index contributed by atoms with van der Waals surface area (Å²) in [7, 11) is -3.13. The van der Waals surface area contributed by atoms with E-state index in [1.165, 1.54) is 25.7 Å². The minimum atomic E-state index is -3.13. The topological polar surface area (TPSA) is 72.0 Å². The lowest BCUT2D eigenvalue weighted by Crippen LogP contribution is -2.25. The Balaban J connectivity index is 1.65. The smallest absolute Gasteiger partial charge is 0.179 e. The minimum absolute atomic E-state index is 0.199. The minimum Gasteiger partial charge on any atom is -0.366 e. The van der Waals surface area contributed by atoms with Crippen LogP contribution in [0.3, 0.4) is 0 Å². The molecule has 3 aliphatic rings. The zero-order valence-corrected chi connectivity index (χ0v) is 13.6. The maximum atomic E-state index is 12.2. The number of aromatic nitrogens is 2. The van der Waals surface area contributed by atoms with Crippen LogP contribution in [0.2, 0.25) is 0 Å². The van der Waals surface area contributed by atoms with Crippen LogP contribution < -0.4 is 5.32 Å². The van der Waals surface area contributed by atoms with Crippen molar-refractivity contribution in [2.45, 2.75) is 43.0 Å². The van der Waals surface area contributed by atoms with Crippen LogP contribution in [0, 0.1) is 11.8 Å². The lowest BCUT2D eigenvalue weighted by atomic mass is 10.0. The van der Waals surface area contributed by atoms with Gasteiger partial charge >= 0.3 is 0 Å². The van der Waals surface area contributed by atoms with Gasteiger partial charge in [-0.2, -0.15) is 0 Å². The highest BCUT2D eigenvalue weighted by Gasteiger charge is 2.42. The number of hydrogen-bond donors (Lipinski definition) is 1. The zero-order valence-electron chi connectivity index (χ0n) is 12.8. The van der Waals surface area contributed by atoms with E-state index in [4.69, 9.17) is 0 Å². The van der Waals surface area contributed by atoms with E-state index in [1.807, 2.05) is 6.07 Å². The standard InChI is InChI=1S/C17H19N3O2S/c21-23(22)8-7-12-14(23)6-5-13-15(12)17(19-9-18-13)20-16(10-1-2-10)11-3-4-11/h5-6,9-11,16H,1-4,7-8H2,(H,18,19,20). The fourth-order valence-electron chi connectivity index (χ4n) is 3.89. The van der Waals surface area contributed by atoms with Gasteiger partial charge in [0.25, 0.3) is 0 Å². The molecule has 2 saturated carbocycles. The van der Waals surface area contributed by atoms with Crippen molar-refractivity contribution in [2.75, 3.05) is 11.1 Å². The number of nitrogens with zero attached hydrogens (tertiary/aromatic N) is 2. The van der Waals surface area contributed by atoms with E-state index < -0.39 is 9.84 Å². The number of anilines is 1. The van der Waals surface area contributed by atoms with E-state index in [9.17, 15) is 8.42 Å². The second-order valence-electron chi connectivity index (χ2n) is 7.07. The van der Waals surface area contributed by atoms with Gasteiger partial charge in [-0.25, -0.2) is 18.4 Å². The fraction of sp³-hybridized carbons (Fsp3) is 0.529. The molecule has 0 bridgehead atoms. The van der Waals surface area contributed by atoms with Crippen molar-refractivity contribution in [1.82, 2.24) is 9.97 Å². The maximum absolute atomic E-state index is 12.2. The van der Waals surface area contributed by atoms with Gasteiger partial charge < -0.3 is 5.32 Å². The van der Waals surface area contributed by atoms with Crippen LogP contribution in [-0.4, -0.2) is 30.2 Å². The predicted octanol–water partition coefficient (Wildman–Crippen LogP) is 2.56. The normalized spacial score (nSPS) is 22.5. The third-order valence-corrected chi connectivity index (χ3v) is 7.18. The Kier molecular flexibility index (Phi) is 2.78. The molecule has 1 aromatic carbocycles. The van der Waals surface area contributed by atoms with E-state index in [1.54, 1.807) is 12.4 Å². The summed E-state index contributed by atoms with van der Waals surface area (Å²) in [5.41, 5.74) is 1.74. The third-order valence-electron chi connectivity index (χ3n) is 5.39. The van der Waals surface area contributed by atoms with Crippen molar-refractivity contribution >= 4 is 26.6 Å². The van der Waals surface area contributed by atoms with Gasteiger partial charge in [0.2, 0.25) is 0 Å². The van der Waals surface area contributed by atoms with Gasteiger partial charge in [-0.15, -0.1) is 0 Å². The Hall–Kier alpha value is -1.69. The number of fused-ring (bicyclic) bond motifs is 3. The lowest BCUT2D eigenvalue weighted by Gasteiger charge is -2.20. The summed E-state index contributed by atoms with van der Waals surface area (Å²) in [6.45, 7) is 0. The SMILES string of the molecule is O=S1(=O)CCc2c1ccc1ncnc(NC(C3CC3)C3CC3)c21. The van der Waals surface area contributed by atoms with Crippen LogP contribution in [0.25, 0.3) is 10.9 Å². The van der Waals surface area contributed by atoms with Gasteiger partial charge in [-0.1, -0.05) is 0 Å². The van der Waals surface area contributed by atoms with Crippen LogP contribution in [0.5, 0.6) is 0 Å². The second-order valence-corrected chi connectivity index (χ2v) is 9.15. The van der Waals surface area contributed by atoms with Crippen LogP contribution in [0.4, 0.5) is 5.82 Å². The molecule has 120 valence electrons. The third kappa shape index (κ3) is 2.23. The molecule has 23 heavy (non-hydrogen) atoms. The molecule has 1 N–H and O–H groups in total. The molecule has 0 saturated heterocycles. The Morgan fingerprint density at radius 2 is 1.83 bits per heavy atom. The molecule has 0 amide bonds. The summed E-state index contributed by atoms with van der Waals surface area (Å²) >= 11 is 0.